The maximum atomic E-state index is 13.8. The molecule has 2 aromatic carbocycles. The van der Waals surface area contributed by atoms with Crippen molar-refractivity contribution in [1.29, 1.82) is 5.26 Å². The van der Waals surface area contributed by atoms with Gasteiger partial charge in [0.2, 0.25) is 0 Å². The largest absolute Gasteiger partial charge is 0.383 e. The third-order valence-electron chi connectivity index (χ3n) is 6.21. The van der Waals surface area contributed by atoms with Gasteiger partial charge in [0, 0.05) is 31.6 Å². The standard InChI is InChI=1S/C28H28ClFN6/c1-28(2,3)16-33-26-19(13-31)14-32-27-23(26)11-17(12-24(27)29)10-22(18-4-6-20(30)7-5-18)25-15-36(35-34-25)21-8-9-21/h4-7,11-12,14-15,21-22H,8-10,16H2,1-3H3,(H,32,33)/t22-/m1/s1/i22D. The van der Waals surface area contributed by atoms with Crippen molar-refractivity contribution in [3.63, 3.8) is 0 Å². The molecule has 1 N–H and O–H groups in total. The Balaban J connectivity index is 1.62. The lowest BCUT2D eigenvalue weighted by Gasteiger charge is -2.22. The second-order valence-corrected chi connectivity index (χ2v) is 10.9. The van der Waals surface area contributed by atoms with Gasteiger partial charge < -0.3 is 5.32 Å². The number of hydrogen-bond donors (Lipinski definition) is 1. The molecule has 184 valence electrons. The number of fused-ring (bicyclic) bond motifs is 1. The molecule has 0 bridgehead atoms. The van der Waals surface area contributed by atoms with E-state index in [-0.39, 0.29) is 17.7 Å². The lowest BCUT2D eigenvalue weighted by atomic mass is 9.89. The molecule has 0 unspecified atom stereocenters. The number of anilines is 1. The molecule has 0 amide bonds. The Morgan fingerprint density at radius 1 is 1.28 bits per heavy atom. The van der Waals surface area contributed by atoms with E-state index in [0.717, 1.165) is 18.4 Å². The molecule has 0 aliphatic heterocycles. The first-order chi connectivity index (χ1) is 17.6. The number of aromatic nitrogens is 4. The molecule has 0 radical (unpaired) electrons. The summed E-state index contributed by atoms with van der Waals surface area (Å²) in [7, 11) is 0. The van der Waals surface area contributed by atoms with Gasteiger partial charge in [-0.3, -0.25) is 4.98 Å². The zero-order valence-corrected chi connectivity index (χ0v) is 21.3. The maximum absolute atomic E-state index is 13.8. The molecule has 36 heavy (non-hydrogen) atoms. The summed E-state index contributed by atoms with van der Waals surface area (Å²) in [4.78, 5) is 4.44. The van der Waals surface area contributed by atoms with Crippen molar-refractivity contribution in [1.82, 2.24) is 20.0 Å². The predicted octanol–water partition coefficient (Wildman–Crippen LogP) is 6.66. The molecule has 8 heteroatoms. The first-order valence-corrected chi connectivity index (χ1v) is 12.4. The molecule has 5 rings (SSSR count). The first kappa shape index (κ1) is 22.9. The number of hydrogen-bond acceptors (Lipinski definition) is 5. The van der Waals surface area contributed by atoms with Crippen LogP contribution in [-0.2, 0) is 6.42 Å². The van der Waals surface area contributed by atoms with Gasteiger partial charge in [-0.15, -0.1) is 5.10 Å². The number of benzene rings is 2. The van der Waals surface area contributed by atoms with Crippen molar-refractivity contribution in [3.8, 4) is 6.07 Å². The first-order valence-electron chi connectivity index (χ1n) is 12.5. The van der Waals surface area contributed by atoms with Gasteiger partial charge in [-0.1, -0.05) is 49.7 Å². The van der Waals surface area contributed by atoms with E-state index >= 15 is 0 Å². The van der Waals surface area contributed by atoms with Gasteiger partial charge in [0.1, 0.15) is 11.9 Å². The Morgan fingerprint density at radius 2 is 2.03 bits per heavy atom. The van der Waals surface area contributed by atoms with Gasteiger partial charge in [-0.25, -0.2) is 9.07 Å². The van der Waals surface area contributed by atoms with E-state index in [1.165, 1.54) is 18.3 Å². The summed E-state index contributed by atoms with van der Waals surface area (Å²) in [5.74, 6) is -1.71. The smallest absolute Gasteiger partial charge is 0.123 e. The van der Waals surface area contributed by atoms with E-state index in [0.29, 0.717) is 51.0 Å². The van der Waals surface area contributed by atoms with Crippen LogP contribution in [0.25, 0.3) is 10.9 Å². The molecule has 0 saturated heterocycles. The molecule has 2 aromatic heterocycles. The lowest BCUT2D eigenvalue weighted by Crippen LogP contribution is -2.19. The molecular formula is C28H28ClFN6. The van der Waals surface area contributed by atoms with Crippen molar-refractivity contribution in [2.24, 2.45) is 5.41 Å². The second-order valence-electron chi connectivity index (χ2n) is 10.5. The molecule has 2 heterocycles. The summed E-state index contributed by atoms with van der Waals surface area (Å²) in [6.45, 7) is 6.98. The van der Waals surface area contributed by atoms with Crippen LogP contribution < -0.4 is 5.32 Å². The van der Waals surface area contributed by atoms with Gasteiger partial charge in [0.15, 0.2) is 0 Å². The van der Waals surface area contributed by atoms with E-state index < -0.39 is 5.89 Å². The van der Waals surface area contributed by atoms with Crippen LogP contribution in [0.2, 0.25) is 5.02 Å². The van der Waals surface area contributed by atoms with Crippen LogP contribution in [-0.4, -0.2) is 26.5 Å². The van der Waals surface area contributed by atoms with Crippen LogP contribution >= 0.6 is 11.6 Å². The van der Waals surface area contributed by atoms with E-state index in [1.807, 2.05) is 16.9 Å². The molecule has 1 saturated carbocycles. The van der Waals surface area contributed by atoms with Crippen LogP contribution in [0.15, 0.2) is 48.8 Å². The monoisotopic (exact) mass is 503 g/mol. The molecule has 1 aliphatic rings. The summed E-state index contributed by atoms with van der Waals surface area (Å²) >= 11 is 6.70. The highest BCUT2D eigenvalue weighted by Gasteiger charge is 2.27. The van der Waals surface area contributed by atoms with Crippen LogP contribution in [0.1, 0.15) is 69.3 Å². The zero-order chi connectivity index (χ0) is 26.4. The molecule has 1 atom stereocenters. The average Bonchev–Trinajstić information content (AvgIpc) is 3.58. The van der Waals surface area contributed by atoms with Crippen molar-refractivity contribution in [2.75, 3.05) is 11.9 Å². The number of rotatable bonds is 7. The quantitative estimate of drug-likeness (QED) is 0.305. The number of nitriles is 1. The fourth-order valence-electron chi connectivity index (χ4n) is 4.17. The summed E-state index contributed by atoms with van der Waals surface area (Å²) in [6.07, 6.45) is 5.66. The number of pyridine rings is 1. The van der Waals surface area contributed by atoms with E-state index in [4.69, 9.17) is 11.6 Å². The zero-order valence-electron chi connectivity index (χ0n) is 21.5. The van der Waals surface area contributed by atoms with Gasteiger partial charge in [-0.05, 0) is 60.1 Å². The van der Waals surface area contributed by atoms with Gasteiger partial charge in [0.25, 0.3) is 0 Å². The van der Waals surface area contributed by atoms with Gasteiger partial charge >= 0.3 is 0 Å². The van der Waals surface area contributed by atoms with Crippen molar-refractivity contribution >= 4 is 28.2 Å². The van der Waals surface area contributed by atoms with E-state index in [1.54, 1.807) is 18.2 Å². The summed E-state index contributed by atoms with van der Waals surface area (Å²) in [5.41, 5.74) is 3.51. The summed E-state index contributed by atoms with van der Waals surface area (Å²) in [5, 5.41) is 23.0. The molecule has 1 fully saturated rings. The van der Waals surface area contributed by atoms with Gasteiger partial charge in [0.05, 0.1) is 33.5 Å². The van der Waals surface area contributed by atoms with E-state index in [9.17, 15) is 11.0 Å². The maximum Gasteiger partial charge on any atom is 0.123 e. The van der Waals surface area contributed by atoms with Crippen LogP contribution in [0, 0.1) is 22.6 Å². The predicted molar refractivity (Wildman–Crippen MR) is 140 cm³/mol. The van der Waals surface area contributed by atoms with Gasteiger partial charge in [-0.2, -0.15) is 5.26 Å². The Labute approximate surface area is 216 Å². The highest BCUT2D eigenvalue weighted by Crippen LogP contribution is 2.37. The minimum Gasteiger partial charge on any atom is -0.383 e. The number of halogens is 2. The Kier molecular flexibility index (Phi) is 6.06. The Morgan fingerprint density at radius 3 is 2.69 bits per heavy atom. The number of nitrogens with zero attached hydrogens (tertiary/aromatic N) is 5. The third-order valence-corrected chi connectivity index (χ3v) is 6.50. The lowest BCUT2D eigenvalue weighted by molar-refractivity contribution is 0.443. The molecule has 6 nitrogen and oxygen atoms in total. The highest BCUT2D eigenvalue weighted by molar-refractivity contribution is 6.35. The second kappa shape index (κ2) is 9.51. The van der Waals surface area contributed by atoms with Crippen molar-refractivity contribution in [3.05, 3.63) is 82.0 Å². The average molecular weight is 504 g/mol. The molecule has 0 spiro atoms. The molecule has 1 aliphatic carbocycles. The summed E-state index contributed by atoms with van der Waals surface area (Å²) < 4.78 is 25.2. The summed E-state index contributed by atoms with van der Waals surface area (Å²) in [6, 6.07) is 12.2. The minimum atomic E-state index is -1.34. The van der Waals surface area contributed by atoms with Crippen LogP contribution in [0.5, 0.6) is 0 Å². The molecule has 4 aromatic rings. The minimum absolute atomic E-state index is 0.0178. The normalized spacial score (nSPS) is 15.8. The van der Waals surface area contributed by atoms with Crippen molar-refractivity contribution in [2.45, 2.75) is 52.0 Å². The van der Waals surface area contributed by atoms with E-state index in [2.05, 4.69) is 47.5 Å². The van der Waals surface area contributed by atoms with Crippen LogP contribution in [0.3, 0.4) is 0 Å². The van der Waals surface area contributed by atoms with Crippen molar-refractivity contribution < 1.29 is 5.76 Å². The topological polar surface area (TPSA) is 79.4 Å². The molecular weight excluding hydrogens is 475 g/mol. The third kappa shape index (κ3) is 5.19. The fraction of sp³-hybridized carbons (Fsp3) is 0.357. The highest BCUT2D eigenvalue weighted by atomic mass is 35.5. The number of nitrogens with one attached hydrogen (secondary N) is 1. The fourth-order valence-corrected chi connectivity index (χ4v) is 4.47. The van der Waals surface area contributed by atoms with Crippen LogP contribution in [0.4, 0.5) is 10.1 Å². The SMILES string of the molecule is [2H][C@@](Cc1cc(Cl)c2ncc(C#N)c(NCC(C)(C)C)c2c1)(c1ccc(F)cc1)c1cn(C2CC2)nn1. The Hall–Kier alpha value is -3.50. The Bertz CT molecular complexity index is 1500.